The van der Waals surface area contributed by atoms with Crippen molar-refractivity contribution in [2.75, 3.05) is 19.7 Å². The summed E-state index contributed by atoms with van der Waals surface area (Å²) in [5, 5.41) is 5.41. The highest BCUT2D eigenvalue weighted by atomic mass is 35.5. The van der Waals surface area contributed by atoms with Crippen molar-refractivity contribution in [1.29, 1.82) is 0 Å². The third-order valence-electron chi connectivity index (χ3n) is 4.54. The van der Waals surface area contributed by atoms with Crippen molar-refractivity contribution >= 4 is 33.4 Å². The number of rotatable bonds is 6. The van der Waals surface area contributed by atoms with Crippen LogP contribution in [0.2, 0.25) is 5.02 Å². The van der Waals surface area contributed by atoms with Crippen LogP contribution >= 0.6 is 11.6 Å². The SMILES string of the molecule is O=C(NCc1ccccc1Cl)C(=O)NC[C@H]1OCCCN1S(=O)(=O)c1ccccc1. The Bertz CT molecular complexity index is 1000. The summed E-state index contributed by atoms with van der Waals surface area (Å²) in [5.41, 5.74) is 0.677. The van der Waals surface area contributed by atoms with Crippen LogP contribution in [0.3, 0.4) is 0 Å². The Kier molecular flexibility index (Phi) is 7.43. The van der Waals surface area contributed by atoms with Crippen LogP contribution in [0.15, 0.2) is 59.5 Å². The molecule has 0 aliphatic carbocycles. The van der Waals surface area contributed by atoms with Crippen molar-refractivity contribution in [1.82, 2.24) is 14.9 Å². The van der Waals surface area contributed by atoms with Crippen LogP contribution < -0.4 is 10.6 Å². The Morgan fingerprint density at radius 2 is 1.70 bits per heavy atom. The normalized spacial score (nSPS) is 17.3. The van der Waals surface area contributed by atoms with Crippen LogP contribution in [-0.2, 0) is 30.9 Å². The van der Waals surface area contributed by atoms with Crippen molar-refractivity contribution in [2.45, 2.75) is 24.1 Å². The van der Waals surface area contributed by atoms with Gasteiger partial charge in [-0.05, 0) is 30.2 Å². The summed E-state index contributed by atoms with van der Waals surface area (Å²) in [6.45, 7) is 0.571. The van der Waals surface area contributed by atoms with Gasteiger partial charge in [-0.25, -0.2) is 8.42 Å². The van der Waals surface area contributed by atoms with E-state index in [1.54, 1.807) is 42.5 Å². The van der Waals surface area contributed by atoms with E-state index in [1.165, 1.54) is 16.4 Å². The number of carbonyl (C=O) groups excluding carboxylic acids is 2. The minimum Gasteiger partial charge on any atom is -0.360 e. The molecule has 0 aromatic heterocycles. The molecule has 2 aromatic carbocycles. The first-order chi connectivity index (χ1) is 14.4. The average molecular weight is 452 g/mol. The Balaban J connectivity index is 1.58. The van der Waals surface area contributed by atoms with E-state index in [1.807, 2.05) is 0 Å². The van der Waals surface area contributed by atoms with Gasteiger partial charge in [-0.2, -0.15) is 4.31 Å². The van der Waals surface area contributed by atoms with Crippen molar-refractivity contribution < 1.29 is 22.7 Å². The summed E-state index contributed by atoms with van der Waals surface area (Å²) in [4.78, 5) is 24.3. The van der Waals surface area contributed by atoms with Gasteiger partial charge >= 0.3 is 11.8 Å². The van der Waals surface area contributed by atoms with Crippen LogP contribution in [-0.4, -0.2) is 50.5 Å². The molecular formula is C20H22ClN3O5S. The van der Waals surface area contributed by atoms with E-state index >= 15 is 0 Å². The first kappa shape index (κ1) is 22.2. The predicted molar refractivity (Wildman–Crippen MR) is 111 cm³/mol. The third kappa shape index (κ3) is 5.37. The van der Waals surface area contributed by atoms with Gasteiger partial charge in [0, 0.05) is 18.1 Å². The van der Waals surface area contributed by atoms with Crippen LogP contribution in [0, 0.1) is 0 Å². The molecule has 0 radical (unpaired) electrons. The topological polar surface area (TPSA) is 105 Å². The van der Waals surface area contributed by atoms with E-state index in [0.29, 0.717) is 23.6 Å². The van der Waals surface area contributed by atoms with Gasteiger partial charge in [0.1, 0.15) is 6.23 Å². The maximum absolute atomic E-state index is 12.9. The van der Waals surface area contributed by atoms with Crippen molar-refractivity contribution in [2.24, 2.45) is 0 Å². The zero-order chi connectivity index (χ0) is 21.6. The number of nitrogens with one attached hydrogen (secondary N) is 2. The standard InChI is InChI=1S/C20H22ClN3O5S/c21-17-10-5-4-7-15(17)13-22-19(25)20(26)23-14-18-24(11-6-12-29-18)30(27,28)16-8-2-1-3-9-16/h1-5,7-10,18H,6,11-14H2,(H,22,25)(H,23,26)/t18-/m1/s1. The molecule has 1 saturated heterocycles. The highest BCUT2D eigenvalue weighted by molar-refractivity contribution is 7.89. The van der Waals surface area contributed by atoms with Crippen molar-refractivity contribution in [3.63, 3.8) is 0 Å². The van der Waals surface area contributed by atoms with Gasteiger partial charge in [-0.3, -0.25) is 9.59 Å². The van der Waals surface area contributed by atoms with E-state index in [9.17, 15) is 18.0 Å². The minimum atomic E-state index is -3.79. The number of carbonyl (C=O) groups is 2. The molecule has 1 atom stereocenters. The second-order valence-corrected chi connectivity index (χ2v) is 8.89. The number of nitrogens with zero attached hydrogens (tertiary/aromatic N) is 1. The van der Waals surface area contributed by atoms with Gasteiger partial charge in [0.2, 0.25) is 10.0 Å². The first-order valence-corrected chi connectivity index (χ1v) is 11.2. The summed E-state index contributed by atoms with van der Waals surface area (Å²) < 4.78 is 32.6. The van der Waals surface area contributed by atoms with Crippen LogP contribution in [0.1, 0.15) is 12.0 Å². The smallest absolute Gasteiger partial charge is 0.309 e. The zero-order valence-corrected chi connectivity index (χ0v) is 17.7. The summed E-state index contributed by atoms with van der Waals surface area (Å²) in [5.74, 6) is -1.73. The number of sulfonamides is 1. The van der Waals surface area contributed by atoms with Gasteiger partial charge in [0.25, 0.3) is 0 Å². The van der Waals surface area contributed by atoms with E-state index in [2.05, 4.69) is 10.6 Å². The number of amides is 2. The number of hydrogen-bond acceptors (Lipinski definition) is 5. The van der Waals surface area contributed by atoms with Crippen molar-refractivity contribution in [3.8, 4) is 0 Å². The molecule has 0 unspecified atom stereocenters. The number of benzene rings is 2. The zero-order valence-electron chi connectivity index (χ0n) is 16.1. The molecule has 1 aliphatic heterocycles. The summed E-state index contributed by atoms with van der Waals surface area (Å²) in [6, 6.07) is 15.0. The van der Waals surface area contributed by atoms with E-state index in [4.69, 9.17) is 16.3 Å². The van der Waals surface area contributed by atoms with Gasteiger partial charge in [0.15, 0.2) is 0 Å². The van der Waals surface area contributed by atoms with Crippen LogP contribution in [0.25, 0.3) is 0 Å². The molecule has 0 bridgehead atoms. The molecular weight excluding hydrogens is 430 g/mol. The molecule has 1 aliphatic rings. The molecule has 1 fully saturated rings. The van der Waals surface area contributed by atoms with Crippen molar-refractivity contribution in [3.05, 3.63) is 65.2 Å². The maximum Gasteiger partial charge on any atom is 0.309 e. The maximum atomic E-state index is 12.9. The lowest BCUT2D eigenvalue weighted by Crippen LogP contribution is -2.53. The molecule has 30 heavy (non-hydrogen) atoms. The largest absolute Gasteiger partial charge is 0.360 e. The van der Waals surface area contributed by atoms with E-state index in [-0.39, 0.29) is 24.5 Å². The Morgan fingerprint density at radius 3 is 2.43 bits per heavy atom. The fourth-order valence-electron chi connectivity index (χ4n) is 2.99. The highest BCUT2D eigenvalue weighted by Crippen LogP contribution is 2.21. The lowest BCUT2D eigenvalue weighted by Gasteiger charge is -2.34. The Hall–Kier alpha value is -2.46. The molecule has 1 heterocycles. The van der Waals surface area contributed by atoms with Gasteiger partial charge in [-0.15, -0.1) is 0 Å². The molecule has 0 spiro atoms. The van der Waals surface area contributed by atoms with Gasteiger partial charge in [-0.1, -0.05) is 48.0 Å². The first-order valence-electron chi connectivity index (χ1n) is 9.37. The van der Waals surface area contributed by atoms with Gasteiger partial charge in [0.05, 0.1) is 18.0 Å². The number of hydrogen-bond donors (Lipinski definition) is 2. The summed E-state index contributed by atoms with van der Waals surface area (Å²) >= 11 is 6.03. The number of halogens is 1. The fraction of sp³-hybridized carbons (Fsp3) is 0.300. The predicted octanol–water partition coefficient (Wildman–Crippen LogP) is 1.51. The molecule has 0 saturated carbocycles. The third-order valence-corrected chi connectivity index (χ3v) is 6.82. The minimum absolute atomic E-state index is 0.0976. The van der Waals surface area contributed by atoms with Gasteiger partial charge < -0.3 is 15.4 Å². The lowest BCUT2D eigenvalue weighted by molar-refractivity contribution is -0.140. The molecule has 10 heteroatoms. The summed E-state index contributed by atoms with van der Waals surface area (Å²) in [7, 11) is -3.79. The quantitative estimate of drug-likeness (QED) is 0.648. The molecule has 2 N–H and O–H groups in total. The molecule has 8 nitrogen and oxygen atoms in total. The molecule has 2 aromatic rings. The second kappa shape index (κ2) is 10.0. The molecule has 2 amide bonds. The summed E-state index contributed by atoms with van der Waals surface area (Å²) in [6.07, 6.45) is -0.362. The molecule has 160 valence electrons. The number of ether oxygens (including phenoxy) is 1. The Labute approximate surface area is 180 Å². The van der Waals surface area contributed by atoms with E-state index < -0.39 is 28.1 Å². The highest BCUT2D eigenvalue weighted by Gasteiger charge is 2.34. The van der Waals surface area contributed by atoms with Crippen LogP contribution in [0.5, 0.6) is 0 Å². The average Bonchev–Trinajstić information content (AvgIpc) is 2.77. The van der Waals surface area contributed by atoms with E-state index in [0.717, 1.165) is 0 Å². The fourth-order valence-corrected chi connectivity index (χ4v) is 4.78. The molecule has 3 rings (SSSR count). The Morgan fingerprint density at radius 1 is 1.03 bits per heavy atom. The lowest BCUT2D eigenvalue weighted by atomic mass is 10.2. The van der Waals surface area contributed by atoms with Crippen LogP contribution in [0.4, 0.5) is 0 Å². The monoisotopic (exact) mass is 451 g/mol. The second-order valence-electron chi connectivity index (χ2n) is 6.59.